The summed E-state index contributed by atoms with van der Waals surface area (Å²) in [4.78, 5) is 23.6. The van der Waals surface area contributed by atoms with Crippen molar-refractivity contribution in [3.63, 3.8) is 0 Å². The number of rotatable bonds is 3. The van der Waals surface area contributed by atoms with E-state index in [4.69, 9.17) is 4.74 Å². The van der Waals surface area contributed by atoms with Gasteiger partial charge in [0.25, 0.3) is 0 Å². The minimum absolute atomic E-state index is 0.0158. The number of carbonyl (C=O) groups is 2. The highest BCUT2D eigenvalue weighted by atomic mass is 16.5. The van der Waals surface area contributed by atoms with Crippen molar-refractivity contribution in [1.29, 1.82) is 0 Å². The van der Waals surface area contributed by atoms with Crippen LogP contribution in [0.15, 0.2) is 66.0 Å². The van der Waals surface area contributed by atoms with Crippen LogP contribution >= 0.6 is 0 Å². The Morgan fingerprint density at radius 1 is 1.07 bits per heavy atom. The van der Waals surface area contributed by atoms with E-state index in [-0.39, 0.29) is 22.7 Å². The molecule has 0 amide bonds. The van der Waals surface area contributed by atoms with Crippen molar-refractivity contribution in [2.75, 3.05) is 0 Å². The number of carboxylic acid groups (broad SMARTS) is 1. The highest BCUT2D eigenvalue weighted by Crippen LogP contribution is 2.45. The maximum Gasteiger partial charge on any atom is 0.335 e. The zero-order valence-electron chi connectivity index (χ0n) is 14.8. The number of ketones is 1. The fraction of sp³-hybridized carbons (Fsp3) is 0.0909. The smallest absolute Gasteiger partial charge is 0.335 e. The van der Waals surface area contributed by atoms with Crippen molar-refractivity contribution in [1.82, 2.24) is 0 Å². The molecule has 2 aromatic carbocycles. The number of aliphatic hydroxyl groups is 1. The Bertz CT molecular complexity index is 1120. The highest BCUT2D eigenvalue weighted by Gasteiger charge is 2.29. The number of aliphatic hydroxyl groups excluding tert-OH is 1. The van der Waals surface area contributed by atoms with Crippen LogP contribution in [0.25, 0.3) is 5.57 Å². The summed E-state index contributed by atoms with van der Waals surface area (Å²) in [5.74, 6) is -0.597. The second-order valence-electron chi connectivity index (χ2n) is 6.57. The molecule has 1 aliphatic carbocycles. The molecule has 0 aromatic heterocycles. The molecule has 28 heavy (non-hydrogen) atoms. The molecule has 3 N–H and O–H groups in total. The van der Waals surface area contributed by atoms with Crippen LogP contribution in [-0.2, 0) is 0 Å². The Hall–Kier alpha value is -3.64. The van der Waals surface area contributed by atoms with Crippen LogP contribution in [0, 0.1) is 0 Å². The van der Waals surface area contributed by atoms with Gasteiger partial charge in [0.15, 0.2) is 5.78 Å². The lowest BCUT2D eigenvalue weighted by Crippen LogP contribution is -2.16. The van der Waals surface area contributed by atoms with E-state index in [1.165, 1.54) is 37.3 Å². The molecule has 1 aliphatic heterocycles. The number of benzene rings is 2. The average Bonchev–Trinajstić information content (AvgIpc) is 2.65. The number of carboxylic acids is 1. The lowest BCUT2D eigenvalue weighted by molar-refractivity contribution is 0.0697. The molecule has 0 radical (unpaired) electrons. The minimum atomic E-state index is -1.12. The van der Waals surface area contributed by atoms with Crippen LogP contribution in [-0.4, -0.2) is 33.2 Å². The number of aromatic carboxylic acids is 1. The first-order valence-electron chi connectivity index (χ1n) is 8.58. The summed E-state index contributed by atoms with van der Waals surface area (Å²) in [6.07, 6.45) is 4.01. The number of aromatic hydroxyl groups is 1. The summed E-state index contributed by atoms with van der Waals surface area (Å²) in [5.41, 5.74) is 2.81. The summed E-state index contributed by atoms with van der Waals surface area (Å²) in [5, 5.41) is 29.0. The standard InChI is InChI=1S/C22H16O6/c1-11(23)18-8-12(22(26)27)2-5-15(18)21-16-6-3-13(24)9-19(16)28-20-10-14(25)4-7-17(20)21/h2-10,13,24-25H,1H3,(H,26,27). The zero-order valence-corrected chi connectivity index (χ0v) is 14.8. The van der Waals surface area contributed by atoms with E-state index in [0.29, 0.717) is 33.8 Å². The number of phenolic OH excluding ortho intramolecular Hbond substituents is 1. The van der Waals surface area contributed by atoms with E-state index in [0.717, 1.165) is 0 Å². The van der Waals surface area contributed by atoms with Crippen LogP contribution in [0.3, 0.4) is 0 Å². The number of allylic oxidation sites excluding steroid dienone is 1. The third-order valence-corrected chi connectivity index (χ3v) is 4.69. The SMILES string of the molecule is CC(=O)c1cc(C(=O)O)ccc1C1=C2C=CC(O)C=C2Oc2cc(O)ccc21. The van der Waals surface area contributed by atoms with E-state index in [1.807, 2.05) is 0 Å². The van der Waals surface area contributed by atoms with Gasteiger partial charge in [0.05, 0.1) is 11.7 Å². The number of fused-ring (bicyclic) bond motifs is 2. The van der Waals surface area contributed by atoms with E-state index < -0.39 is 12.1 Å². The van der Waals surface area contributed by atoms with Crippen molar-refractivity contribution in [3.05, 3.63) is 88.2 Å². The first kappa shape index (κ1) is 17.8. The molecule has 0 fully saturated rings. The lowest BCUT2D eigenvalue weighted by atomic mass is 9.84. The first-order chi connectivity index (χ1) is 13.3. The van der Waals surface area contributed by atoms with Gasteiger partial charge in [-0.3, -0.25) is 4.79 Å². The molecule has 0 saturated carbocycles. The normalized spacial score (nSPS) is 17.4. The van der Waals surface area contributed by atoms with Gasteiger partial charge in [-0.05, 0) is 42.8 Å². The van der Waals surface area contributed by atoms with Gasteiger partial charge >= 0.3 is 5.97 Å². The molecule has 0 spiro atoms. The Balaban J connectivity index is 2.04. The number of Topliss-reactive ketones (excluding diaryl/α,β-unsaturated/α-hetero) is 1. The summed E-state index contributed by atoms with van der Waals surface area (Å²) in [6.45, 7) is 1.38. The van der Waals surface area contributed by atoms with E-state index >= 15 is 0 Å². The van der Waals surface area contributed by atoms with Crippen molar-refractivity contribution in [2.45, 2.75) is 13.0 Å². The molecule has 0 saturated heterocycles. The lowest BCUT2D eigenvalue weighted by Gasteiger charge is -2.28. The van der Waals surface area contributed by atoms with Gasteiger partial charge in [-0.2, -0.15) is 0 Å². The molecule has 140 valence electrons. The maximum absolute atomic E-state index is 12.3. The Morgan fingerprint density at radius 2 is 1.82 bits per heavy atom. The molecule has 2 aliphatic rings. The third kappa shape index (κ3) is 2.90. The van der Waals surface area contributed by atoms with Gasteiger partial charge in [0.1, 0.15) is 17.3 Å². The fourth-order valence-electron chi connectivity index (χ4n) is 3.42. The van der Waals surface area contributed by atoms with Crippen molar-refractivity contribution < 1.29 is 29.6 Å². The Labute approximate surface area is 160 Å². The van der Waals surface area contributed by atoms with E-state index in [1.54, 1.807) is 24.3 Å². The molecule has 1 atom stereocenters. The van der Waals surface area contributed by atoms with Crippen molar-refractivity contribution in [3.8, 4) is 11.5 Å². The second-order valence-corrected chi connectivity index (χ2v) is 6.57. The predicted octanol–water partition coefficient (Wildman–Crippen LogP) is 3.30. The van der Waals surface area contributed by atoms with Crippen LogP contribution in [0.4, 0.5) is 0 Å². The summed E-state index contributed by atoms with van der Waals surface area (Å²) in [6, 6.07) is 9.04. The summed E-state index contributed by atoms with van der Waals surface area (Å²) < 4.78 is 5.85. The number of ether oxygens (including phenoxy) is 1. The molecule has 1 unspecified atom stereocenters. The molecule has 2 aromatic rings. The van der Waals surface area contributed by atoms with Crippen molar-refractivity contribution >= 4 is 17.3 Å². The number of hydrogen-bond acceptors (Lipinski definition) is 5. The average molecular weight is 376 g/mol. The number of hydrogen-bond donors (Lipinski definition) is 3. The topological polar surface area (TPSA) is 104 Å². The van der Waals surface area contributed by atoms with Gasteiger partial charge in [-0.1, -0.05) is 18.2 Å². The number of carbonyl (C=O) groups excluding carboxylic acids is 1. The first-order valence-corrected chi connectivity index (χ1v) is 8.58. The highest BCUT2D eigenvalue weighted by molar-refractivity contribution is 6.05. The van der Waals surface area contributed by atoms with Crippen LogP contribution < -0.4 is 4.74 Å². The van der Waals surface area contributed by atoms with Crippen LogP contribution in [0.5, 0.6) is 11.5 Å². The quantitative estimate of drug-likeness (QED) is 0.710. The molecule has 4 rings (SSSR count). The predicted molar refractivity (Wildman–Crippen MR) is 101 cm³/mol. The Kier molecular flexibility index (Phi) is 4.13. The van der Waals surface area contributed by atoms with Crippen molar-refractivity contribution in [2.24, 2.45) is 0 Å². The Morgan fingerprint density at radius 3 is 2.54 bits per heavy atom. The molecular formula is C22H16O6. The summed E-state index contributed by atoms with van der Waals surface area (Å²) >= 11 is 0. The van der Waals surface area contributed by atoms with Gasteiger partial charge in [0, 0.05) is 28.3 Å². The minimum Gasteiger partial charge on any atom is -0.508 e. The molecule has 1 heterocycles. The maximum atomic E-state index is 12.3. The van der Waals surface area contributed by atoms with Crippen LogP contribution in [0.2, 0.25) is 0 Å². The molecule has 6 nitrogen and oxygen atoms in total. The van der Waals surface area contributed by atoms with Crippen LogP contribution in [0.1, 0.15) is 38.8 Å². The van der Waals surface area contributed by atoms with Gasteiger partial charge in [-0.25, -0.2) is 4.79 Å². The van der Waals surface area contributed by atoms with E-state index in [9.17, 15) is 24.9 Å². The molecule has 6 heteroatoms. The molecule has 0 bridgehead atoms. The molecular weight excluding hydrogens is 360 g/mol. The number of phenols is 1. The van der Waals surface area contributed by atoms with Gasteiger partial charge < -0.3 is 20.1 Å². The van der Waals surface area contributed by atoms with Gasteiger partial charge in [0.2, 0.25) is 0 Å². The zero-order chi connectivity index (χ0) is 20.0. The fourth-order valence-corrected chi connectivity index (χ4v) is 3.42. The third-order valence-electron chi connectivity index (χ3n) is 4.69. The summed E-state index contributed by atoms with van der Waals surface area (Å²) in [7, 11) is 0. The van der Waals surface area contributed by atoms with Gasteiger partial charge in [-0.15, -0.1) is 0 Å². The monoisotopic (exact) mass is 376 g/mol. The largest absolute Gasteiger partial charge is 0.508 e. The second kappa shape index (κ2) is 6.51. The van der Waals surface area contributed by atoms with E-state index in [2.05, 4.69) is 0 Å².